The van der Waals surface area contributed by atoms with Gasteiger partial charge in [0.25, 0.3) is 0 Å². The smallest absolute Gasteiger partial charge is 0.0762 e. The summed E-state index contributed by atoms with van der Waals surface area (Å²) in [4.78, 5) is 2.15. The summed E-state index contributed by atoms with van der Waals surface area (Å²) in [6.45, 7) is 10.8. The van der Waals surface area contributed by atoms with Gasteiger partial charge < -0.3 is 10.0 Å². The van der Waals surface area contributed by atoms with Crippen LogP contribution in [0.2, 0.25) is 0 Å². The molecule has 17 heavy (non-hydrogen) atoms. The lowest BCUT2D eigenvalue weighted by molar-refractivity contribution is 0.199. The van der Waals surface area contributed by atoms with E-state index in [9.17, 15) is 5.11 Å². The number of aliphatic hydroxyl groups is 1. The predicted octanol–water partition coefficient (Wildman–Crippen LogP) is 3.68. The van der Waals surface area contributed by atoms with E-state index in [1.54, 1.807) is 6.92 Å². The third-order valence-corrected chi connectivity index (χ3v) is 3.13. The normalized spacial score (nSPS) is 11.9. The summed E-state index contributed by atoms with van der Waals surface area (Å²) in [5.41, 5.74) is 1.98. The van der Waals surface area contributed by atoms with E-state index in [0.29, 0.717) is 0 Å². The van der Waals surface area contributed by atoms with Gasteiger partial charge in [-0.3, -0.25) is 0 Å². The highest BCUT2D eigenvalue weighted by molar-refractivity contribution is 9.10. The molecule has 2 nitrogen and oxygen atoms in total. The second-order valence-electron chi connectivity index (χ2n) is 3.87. The fourth-order valence-corrected chi connectivity index (χ4v) is 2.27. The number of hydrogen-bond donors (Lipinski definition) is 1. The summed E-state index contributed by atoms with van der Waals surface area (Å²) in [6.07, 6.45) is 3.27. The van der Waals surface area contributed by atoms with Crippen molar-refractivity contribution in [2.24, 2.45) is 0 Å². The Morgan fingerprint density at radius 3 is 2.35 bits per heavy atom. The van der Waals surface area contributed by atoms with E-state index in [1.807, 2.05) is 30.4 Å². The Kier molecular flexibility index (Phi) is 5.45. The van der Waals surface area contributed by atoms with Gasteiger partial charge in [-0.05, 0) is 40.5 Å². The zero-order valence-corrected chi connectivity index (χ0v) is 11.7. The summed E-state index contributed by atoms with van der Waals surface area (Å²) in [6, 6.07) is 5.88. The molecule has 0 unspecified atom stereocenters. The summed E-state index contributed by atoms with van der Waals surface area (Å²) in [7, 11) is 0. The molecule has 0 bridgehead atoms. The summed E-state index contributed by atoms with van der Waals surface area (Å²) >= 11 is 3.53. The van der Waals surface area contributed by atoms with Gasteiger partial charge in [-0.2, -0.15) is 0 Å². The van der Waals surface area contributed by atoms with Crippen molar-refractivity contribution in [3.8, 4) is 0 Å². The van der Waals surface area contributed by atoms with Gasteiger partial charge in [0.1, 0.15) is 0 Å². The molecule has 1 aromatic carbocycles. The van der Waals surface area contributed by atoms with Crippen LogP contribution >= 0.6 is 15.9 Å². The number of nitrogens with zero attached hydrogens (tertiary/aromatic N) is 1. The molecule has 1 aromatic rings. The van der Waals surface area contributed by atoms with Crippen LogP contribution in [-0.4, -0.2) is 18.2 Å². The second kappa shape index (κ2) is 6.62. The Hall–Kier alpha value is -1.06. The first kappa shape index (κ1) is 14.0. The van der Waals surface area contributed by atoms with Crippen molar-refractivity contribution >= 4 is 21.6 Å². The molecule has 1 atom stereocenters. The molecule has 0 fully saturated rings. The van der Waals surface area contributed by atoms with E-state index in [2.05, 4.69) is 34.0 Å². The fraction of sp³-hybridized carbons (Fsp3) is 0.286. The van der Waals surface area contributed by atoms with Crippen LogP contribution in [0.3, 0.4) is 0 Å². The monoisotopic (exact) mass is 295 g/mol. The Morgan fingerprint density at radius 2 is 1.94 bits per heavy atom. The maximum atomic E-state index is 9.52. The number of benzene rings is 1. The lowest BCUT2D eigenvalue weighted by Gasteiger charge is -2.23. The van der Waals surface area contributed by atoms with Gasteiger partial charge in [-0.25, -0.2) is 0 Å². The fourth-order valence-electron chi connectivity index (χ4n) is 1.62. The van der Waals surface area contributed by atoms with Gasteiger partial charge in [0, 0.05) is 17.6 Å². The Labute approximate surface area is 111 Å². The van der Waals surface area contributed by atoms with Crippen LogP contribution in [0.5, 0.6) is 0 Å². The van der Waals surface area contributed by atoms with Crippen LogP contribution in [0.4, 0.5) is 5.69 Å². The third-order valence-electron chi connectivity index (χ3n) is 2.49. The highest BCUT2D eigenvalue weighted by atomic mass is 79.9. The lowest BCUT2D eigenvalue weighted by atomic mass is 10.1. The summed E-state index contributed by atoms with van der Waals surface area (Å²) in [5, 5.41) is 9.52. The summed E-state index contributed by atoms with van der Waals surface area (Å²) in [5.74, 6) is 0. The second-order valence-corrected chi connectivity index (χ2v) is 4.72. The number of halogens is 1. The van der Waals surface area contributed by atoms with Crippen LogP contribution in [-0.2, 0) is 0 Å². The lowest BCUT2D eigenvalue weighted by Crippen LogP contribution is -2.23. The average Bonchev–Trinajstić information content (AvgIpc) is 2.28. The first-order chi connectivity index (χ1) is 8.10. The van der Waals surface area contributed by atoms with Crippen molar-refractivity contribution in [1.29, 1.82) is 0 Å². The van der Waals surface area contributed by atoms with Crippen LogP contribution in [0.25, 0.3) is 0 Å². The number of aliphatic hydroxyl groups excluding tert-OH is 1. The molecule has 1 N–H and O–H groups in total. The van der Waals surface area contributed by atoms with Crippen molar-refractivity contribution in [3.05, 3.63) is 53.5 Å². The van der Waals surface area contributed by atoms with Crippen molar-refractivity contribution < 1.29 is 5.11 Å². The molecule has 0 saturated heterocycles. The van der Waals surface area contributed by atoms with E-state index >= 15 is 0 Å². The number of anilines is 1. The highest BCUT2D eigenvalue weighted by Gasteiger charge is 2.09. The first-order valence-electron chi connectivity index (χ1n) is 5.54. The van der Waals surface area contributed by atoms with Gasteiger partial charge in [0.15, 0.2) is 0 Å². The van der Waals surface area contributed by atoms with Gasteiger partial charge >= 0.3 is 0 Å². The molecule has 3 heteroatoms. The zero-order chi connectivity index (χ0) is 12.8. The van der Waals surface area contributed by atoms with Crippen molar-refractivity contribution in [2.45, 2.75) is 13.0 Å². The molecule has 92 valence electrons. The highest BCUT2D eigenvalue weighted by Crippen LogP contribution is 2.29. The van der Waals surface area contributed by atoms with E-state index in [-0.39, 0.29) is 0 Å². The SMILES string of the molecule is C=CCN(CC=C)c1ccc([C@@H](C)O)cc1Br. The standard InChI is InChI=1S/C14H18BrNO/c1-4-8-16(9-5-2)14-7-6-12(11(3)17)10-13(14)15/h4-7,10-11,17H,1-2,8-9H2,3H3/t11-/m1/s1. The van der Waals surface area contributed by atoms with Crippen molar-refractivity contribution in [2.75, 3.05) is 18.0 Å². The van der Waals surface area contributed by atoms with Crippen molar-refractivity contribution in [1.82, 2.24) is 0 Å². The molecule has 0 saturated carbocycles. The Balaban J connectivity index is 3.03. The minimum atomic E-state index is -0.451. The minimum Gasteiger partial charge on any atom is -0.389 e. The predicted molar refractivity (Wildman–Crippen MR) is 77.4 cm³/mol. The van der Waals surface area contributed by atoms with E-state index in [4.69, 9.17) is 0 Å². The van der Waals surface area contributed by atoms with Crippen molar-refractivity contribution in [3.63, 3.8) is 0 Å². The van der Waals surface area contributed by atoms with Gasteiger partial charge in [0.2, 0.25) is 0 Å². The van der Waals surface area contributed by atoms with Crippen LogP contribution < -0.4 is 4.90 Å². The summed E-state index contributed by atoms with van der Waals surface area (Å²) < 4.78 is 0.972. The van der Waals surface area contributed by atoms with E-state index in [1.165, 1.54) is 0 Å². The van der Waals surface area contributed by atoms with Gasteiger partial charge in [-0.15, -0.1) is 13.2 Å². The molecule has 1 rings (SSSR count). The largest absolute Gasteiger partial charge is 0.389 e. The van der Waals surface area contributed by atoms with Crippen LogP contribution in [0, 0.1) is 0 Å². The molecule has 0 spiro atoms. The Morgan fingerprint density at radius 1 is 1.35 bits per heavy atom. The number of hydrogen-bond acceptors (Lipinski definition) is 2. The maximum absolute atomic E-state index is 9.52. The molecule has 0 aliphatic rings. The first-order valence-corrected chi connectivity index (χ1v) is 6.33. The molecule has 0 radical (unpaired) electrons. The van der Waals surface area contributed by atoms with Crippen LogP contribution in [0.1, 0.15) is 18.6 Å². The molecular formula is C14H18BrNO. The van der Waals surface area contributed by atoms with Crippen LogP contribution in [0.15, 0.2) is 48.0 Å². The Bertz CT molecular complexity index is 391. The van der Waals surface area contributed by atoms with E-state index in [0.717, 1.165) is 28.8 Å². The molecular weight excluding hydrogens is 278 g/mol. The molecule has 0 heterocycles. The zero-order valence-electron chi connectivity index (χ0n) is 10.1. The quantitative estimate of drug-likeness (QED) is 0.809. The molecule has 0 aliphatic heterocycles. The van der Waals surface area contributed by atoms with Gasteiger partial charge in [0.05, 0.1) is 11.8 Å². The average molecular weight is 296 g/mol. The third kappa shape index (κ3) is 3.72. The number of rotatable bonds is 6. The van der Waals surface area contributed by atoms with Gasteiger partial charge in [-0.1, -0.05) is 18.2 Å². The molecule has 0 aromatic heterocycles. The van der Waals surface area contributed by atoms with E-state index < -0.39 is 6.10 Å². The maximum Gasteiger partial charge on any atom is 0.0762 e. The minimum absolute atomic E-state index is 0.451. The molecule has 0 aliphatic carbocycles. The topological polar surface area (TPSA) is 23.5 Å². The molecule has 0 amide bonds.